The van der Waals surface area contributed by atoms with E-state index in [0.29, 0.717) is 19.8 Å². The van der Waals surface area contributed by atoms with E-state index >= 15 is 0 Å². The zero-order valence-corrected chi connectivity index (χ0v) is 12.5. The number of nitrogens with two attached hydrogens (primary N) is 1. The van der Waals surface area contributed by atoms with Crippen LogP contribution < -0.4 is 15.2 Å². The van der Waals surface area contributed by atoms with Crippen LogP contribution in [0.2, 0.25) is 0 Å². The molecule has 2 aromatic rings. The average molecular weight is 303 g/mol. The van der Waals surface area contributed by atoms with Gasteiger partial charge in [-0.25, -0.2) is 4.98 Å². The third-order valence-corrected chi connectivity index (χ3v) is 4.75. The van der Waals surface area contributed by atoms with Crippen LogP contribution in [0.25, 0.3) is 11.3 Å². The quantitative estimate of drug-likeness (QED) is 0.922. The van der Waals surface area contributed by atoms with E-state index in [1.54, 1.807) is 11.8 Å². The molecule has 0 spiro atoms. The van der Waals surface area contributed by atoms with Crippen LogP contribution in [0.1, 0.15) is 12.1 Å². The first-order chi connectivity index (χ1) is 10.4. The van der Waals surface area contributed by atoms with Crippen molar-refractivity contribution in [2.24, 2.45) is 5.73 Å². The highest BCUT2D eigenvalue weighted by Gasteiger charge is 2.22. The molecule has 0 amide bonds. The number of hydrogen-bond acceptors (Lipinski definition) is 5. The van der Waals surface area contributed by atoms with Crippen LogP contribution in [0.3, 0.4) is 0 Å². The van der Waals surface area contributed by atoms with Gasteiger partial charge in [-0.05, 0) is 18.2 Å². The Bertz CT molecular complexity index is 684. The van der Waals surface area contributed by atoms with Crippen LogP contribution in [0.5, 0.6) is 11.5 Å². The third kappa shape index (κ3) is 2.18. The van der Waals surface area contributed by atoms with Gasteiger partial charge in [0.1, 0.15) is 0 Å². The Morgan fingerprint density at radius 2 is 2.10 bits per heavy atom. The van der Waals surface area contributed by atoms with Crippen molar-refractivity contribution in [1.29, 1.82) is 0 Å². The van der Waals surface area contributed by atoms with Crippen molar-refractivity contribution in [2.75, 3.05) is 19.0 Å². The van der Waals surface area contributed by atoms with Crippen molar-refractivity contribution in [2.45, 2.75) is 24.7 Å². The Morgan fingerprint density at radius 1 is 1.24 bits per heavy atom. The Morgan fingerprint density at radius 3 is 2.95 bits per heavy atom. The molecule has 0 aliphatic carbocycles. The average Bonchev–Trinajstić information content (AvgIpc) is 3.00. The van der Waals surface area contributed by atoms with Crippen molar-refractivity contribution in [3.63, 3.8) is 0 Å². The summed E-state index contributed by atoms with van der Waals surface area (Å²) in [6, 6.07) is 6.02. The SMILES string of the molecule is NCc1c(-c2ccc3c(c2)OCCCO3)nc2n1CCS2. The lowest BCUT2D eigenvalue weighted by atomic mass is 10.1. The van der Waals surface area contributed by atoms with E-state index in [4.69, 9.17) is 20.2 Å². The van der Waals surface area contributed by atoms with E-state index in [1.807, 2.05) is 18.2 Å². The first kappa shape index (κ1) is 13.0. The minimum atomic E-state index is 0.497. The molecule has 0 unspecified atom stereocenters. The highest BCUT2D eigenvalue weighted by molar-refractivity contribution is 7.99. The van der Waals surface area contributed by atoms with Crippen molar-refractivity contribution >= 4 is 11.8 Å². The van der Waals surface area contributed by atoms with Crippen LogP contribution in [0.15, 0.2) is 23.4 Å². The topological polar surface area (TPSA) is 62.3 Å². The second-order valence-electron chi connectivity index (χ2n) is 5.11. The predicted octanol–water partition coefficient (Wildman–Crippen LogP) is 2.28. The number of rotatable bonds is 2. The van der Waals surface area contributed by atoms with E-state index in [2.05, 4.69) is 4.57 Å². The number of benzene rings is 1. The van der Waals surface area contributed by atoms with Gasteiger partial charge in [0, 0.05) is 30.8 Å². The summed E-state index contributed by atoms with van der Waals surface area (Å²) in [5, 5.41) is 1.07. The van der Waals surface area contributed by atoms with Crippen LogP contribution in [-0.2, 0) is 13.1 Å². The van der Waals surface area contributed by atoms with Gasteiger partial charge in [0.25, 0.3) is 0 Å². The molecule has 0 radical (unpaired) electrons. The molecule has 2 N–H and O–H groups in total. The molecule has 4 rings (SSSR count). The Hall–Kier alpha value is -1.66. The lowest BCUT2D eigenvalue weighted by Gasteiger charge is -2.10. The summed E-state index contributed by atoms with van der Waals surface area (Å²) in [6.07, 6.45) is 0.910. The summed E-state index contributed by atoms with van der Waals surface area (Å²) in [7, 11) is 0. The Balaban J connectivity index is 1.79. The molecular formula is C15H17N3O2S. The summed E-state index contributed by atoms with van der Waals surface area (Å²) >= 11 is 1.79. The number of thioether (sulfide) groups is 1. The van der Waals surface area contributed by atoms with Crippen molar-refractivity contribution in [3.05, 3.63) is 23.9 Å². The maximum absolute atomic E-state index is 5.94. The molecule has 6 heteroatoms. The lowest BCUT2D eigenvalue weighted by Crippen LogP contribution is -2.07. The first-order valence-corrected chi connectivity index (χ1v) is 8.17. The van der Waals surface area contributed by atoms with Crippen LogP contribution in [0.4, 0.5) is 0 Å². The van der Waals surface area contributed by atoms with Crippen LogP contribution in [-0.4, -0.2) is 28.5 Å². The summed E-state index contributed by atoms with van der Waals surface area (Å²) in [5.41, 5.74) is 9.06. The molecule has 21 heavy (non-hydrogen) atoms. The van der Waals surface area contributed by atoms with E-state index in [-0.39, 0.29) is 0 Å². The Kier molecular flexibility index (Phi) is 3.27. The van der Waals surface area contributed by atoms with Gasteiger partial charge in [-0.1, -0.05) is 11.8 Å². The normalized spacial score (nSPS) is 16.6. The van der Waals surface area contributed by atoms with E-state index in [9.17, 15) is 0 Å². The third-order valence-electron chi connectivity index (χ3n) is 3.80. The molecule has 2 aliphatic heterocycles. The number of ether oxygens (including phenoxy) is 2. The molecule has 0 atom stereocenters. The van der Waals surface area contributed by atoms with E-state index < -0.39 is 0 Å². The summed E-state index contributed by atoms with van der Waals surface area (Å²) in [5.74, 6) is 2.69. The fourth-order valence-electron chi connectivity index (χ4n) is 2.78. The first-order valence-electron chi connectivity index (χ1n) is 7.19. The predicted molar refractivity (Wildman–Crippen MR) is 81.9 cm³/mol. The number of fused-ring (bicyclic) bond motifs is 2. The zero-order valence-electron chi connectivity index (χ0n) is 11.7. The molecule has 5 nitrogen and oxygen atoms in total. The fourth-order valence-corrected chi connectivity index (χ4v) is 3.75. The standard InChI is InChI=1S/C15H17N3O2S/c16-9-11-14(17-15-18(11)4-7-21-15)10-2-3-12-13(8-10)20-6-1-5-19-12/h2-3,8H,1,4-7,9,16H2. The van der Waals surface area contributed by atoms with Gasteiger partial charge in [0.2, 0.25) is 0 Å². The maximum atomic E-state index is 5.94. The second kappa shape index (κ2) is 5.27. The minimum Gasteiger partial charge on any atom is -0.490 e. The highest BCUT2D eigenvalue weighted by atomic mass is 32.2. The number of nitrogens with zero attached hydrogens (tertiary/aromatic N) is 2. The monoisotopic (exact) mass is 303 g/mol. The van der Waals surface area contributed by atoms with Crippen LogP contribution >= 0.6 is 11.8 Å². The smallest absolute Gasteiger partial charge is 0.168 e. The lowest BCUT2D eigenvalue weighted by molar-refractivity contribution is 0.297. The molecule has 3 heterocycles. The van der Waals surface area contributed by atoms with E-state index in [0.717, 1.165) is 52.3 Å². The molecule has 0 saturated carbocycles. The molecule has 110 valence electrons. The Labute approximate surface area is 127 Å². The molecule has 1 aromatic carbocycles. The number of imidazole rings is 1. The van der Waals surface area contributed by atoms with Gasteiger partial charge in [0.05, 0.1) is 24.6 Å². The molecular weight excluding hydrogens is 286 g/mol. The van der Waals surface area contributed by atoms with Gasteiger partial charge in [-0.3, -0.25) is 0 Å². The summed E-state index contributed by atoms with van der Waals surface area (Å²) in [4.78, 5) is 4.75. The molecule has 0 saturated heterocycles. The second-order valence-corrected chi connectivity index (χ2v) is 6.17. The molecule has 0 fully saturated rings. The van der Waals surface area contributed by atoms with E-state index in [1.165, 1.54) is 0 Å². The summed E-state index contributed by atoms with van der Waals surface area (Å²) in [6.45, 7) is 2.88. The van der Waals surface area contributed by atoms with Gasteiger partial charge in [0.15, 0.2) is 16.7 Å². The van der Waals surface area contributed by atoms with Crippen molar-refractivity contribution < 1.29 is 9.47 Å². The maximum Gasteiger partial charge on any atom is 0.168 e. The van der Waals surface area contributed by atoms with Gasteiger partial charge >= 0.3 is 0 Å². The number of aromatic nitrogens is 2. The minimum absolute atomic E-state index is 0.497. The van der Waals surface area contributed by atoms with Gasteiger partial charge in [-0.2, -0.15) is 0 Å². The fraction of sp³-hybridized carbons (Fsp3) is 0.400. The van der Waals surface area contributed by atoms with Crippen LogP contribution in [0, 0.1) is 0 Å². The van der Waals surface area contributed by atoms with Crippen molar-refractivity contribution in [1.82, 2.24) is 9.55 Å². The molecule has 1 aromatic heterocycles. The van der Waals surface area contributed by atoms with Gasteiger partial charge < -0.3 is 19.8 Å². The molecule has 0 bridgehead atoms. The van der Waals surface area contributed by atoms with Crippen molar-refractivity contribution in [3.8, 4) is 22.8 Å². The molecule has 2 aliphatic rings. The van der Waals surface area contributed by atoms with Gasteiger partial charge in [-0.15, -0.1) is 0 Å². The zero-order chi connectivity index (χ0) is 14.2. The highest BCUT2D eigenvalue weighted by Crippen LogP contribution is 2.37. The summed E-state index contributed by atoms with van der Waals surface area (Å²) < 4.78 is 13.7. The largest absolute Gasteiger partial charge is 0.490 e. The number of hydrogen-bond donors (Lipinski definition) is 1.